The zero-order valence-electron chi connectivity index (χ0n) is 15.0. The van der Waals surface area contributed by atoms with E-state index in [9.17, 15) is 18.3 Å². The van der Waals surface area contributed by atoms with Gasteiger partial charge in [-0.3, -0.25) is 0 Å². The maximum Gasteiger partial charge on any atom is 0.417 e. The Morgan fingerprint density at radius 1 is 0.960 bits per heavy atom. The van der Waals surface area contributed by atoms with Crippen molar-refractivity contribution in [3.63, 3.8) is 0 Å². The molecule has 2 rings (SSSR count). The molecule has 136 valence electrons. The van der Waals surface area contributed by atoms with Gasteiger partial charge in [-0.15, -0.1) is 0 Å². The highest BCUT2D eigenvalue weighted by Crippen LogP contribution is 2.51. The molecule has 0 amide bonds. The lowest BCUT2D eigenvalue weighted by Crippen LogP contribution is -2.25. The molecule has 1 unspecified atom stereocenters. The van der Waals surface area contributed by atoms with Gasteiger partial charge >= 0.3 is 6.18 Å². The summed E-state index contributed by atoms with van der Waals surface area (Å²) in [7, 11) is -0.0752. The predicted molar refractivity (Wildman–Crippen MR) is 99.2 cm³/mol. The predicted octanol–water partition coefficient (Wildman–Crippen LogP) is 6.05. The second-order valence-electron chi connectivity index (χ2n) is 6.44. The van der Waals surface area contributed by atoms with Gasteiger partial charge in [-0.2, -0.15) is 13.2 Å². The number of hydrogen-bond acceptors (Lipinski definition) is 1. The molecular weight excluding hydrogens is 344 g/mol. The largest absolute Gasteiger partial charge is 0.507 e. The molecule has 5 heteroatoms. The van der Waals surface area contributed by atoms with E-state index in [1.165, 1.54) is 6.07 Å². The van der Waals surface area contributed by atoms with Gasteiger partial charge in [-0.25, -0.2) is 0 Å². The Morgan fingerprint density at radius 2 is 1.56 bits per heavy atom. The number of alkyl halides is 3. The molecule has 0 heterocycles. The SMILES string of the molecule is CCC(CC)(Pc1ccccc1C(F)(F)F)c1cc(C)cc(C)c1O. The smallest absolute Gasteiger partial charge is 0.417 e. The molecule has 0 aliphatic rings. The van der Waals surface area contributed by atoms with Crippen molar-refractivity contribution in [2.75, 3.05) is 0 Å². The summed E-state index contributed by atoms with van der Waals surface area (Å²) < 4.78 is 40.2. The monoisotopic (exact) mass is 368 g/mol. The minimum atomic E-state index is -4.37. The summed E-state index contributed by atoms with van der Waals surface area (Å²) in [5.74, 6) is 0.200. The molecule has 0 aliphatic heterocycles. The first-order chi connectivity index (χ1) is 11.6. The molecule has 0 fully saturated rings. The van der Waals surface area contributed by atoms with E-state index in [1.54, 1.807) is 12.1 Å². The summed E-state index contributed by atoms with van der Waals surface area (Å²) in [6, 6.07) is 9.57. The fourth-order valence-electron chi connectivity index (χ4n) is 3.30. The van der Waals surface area contributed by atoms with Crippen LogP contribution in [0.4, 0.5) is 13.2 Å². The molecule has 0 aliphatic carbocycles. The van der Waals surface area contributed by atoms with Gasteiger partial charge in [0.15, 0.2) is 0 Å². The van der Waals surface area contributed by atoms with Crippen molar-refractivity contribution in [2.24, 2.45) is 0 Å². The summed E-state index contributed by atoms with van der Waals surface area (Å²) in [5.41, 5.74) is 1.94. The maximum atomic E-state index is 13.4. The summed E-state index contributed by atoms with van der Waals surface area (Å²) in [6.07, 6.45) is -3.06. The average molecular weight is 368 g/mol. The summed E-state index contributed by atoms with van der Waals surface area (Å²) in [6.45, 7) is 7.72. The van der Waals surface area contributed by atoms with E-state index in [0.29, 0.717) is 18.1 Å². The Balaban J connectivity index is 2.61. The lowest BCUT2D eigenvalue weighted by molar-refractivity contribution is -0.136. The Bertz CT molecular complexity index is 749. The van der Waals surface area contributed by atoms with Crippen LogP contribution >= 0.6 is 8.58 Å². The molecule has 0 spiro atoms. The molecule has 1 atom stereocenters. The van der Waals surface area contributed by atoms with Gasteiger partial charge < -0.3 is 5.11 Å². The average Bonchev–Trinajstić information content (AvgIpc) is 2.55. The van der Waals surface area contributed by atoms with E-state index < -0.39 is 16.9 Å². The number of aromatic hydroxyl groups is 1. The fraction of sp³-hybridized carbons (Fsp3) is 0.400. The van der Waals surface area contributed by atoms with Crippen LogP contribution in [0, 0.1) is 13.8 Å². The minimum absolute atomic E-state index is 0.0752. The van der Waals surface area contributed by atoms with Gasteiger partial charge in [-0.1, -0.05) is 58.3 Å². The number of hydrogen-bond donors (Lipinski definition) is 1. The number of benzene rings is 2. The van der Waals surface area contributed by atoms with E-state index in [0.717, 1.165) is 22.8 Å². The number of halogens is 3. The van der Waals surface area contributed by atoms with E-state index in [1.807, 2.05) is 39.8 Å². The second kappa shape index (κ2) is 7.37. The highest BCUT2D eigenvalue weighted by Gasteiger charge is 2.37. The Hall–Kier alpha value is -1.54. The van der Waals surface area contributed by atoms with Crippen molar-refractivity contribution >= 4 is 13.9 Å². The van der Waals surface area contributed by atoms with Gasteiger partial charge in [0.25, 0.3) is 0 Å². The van der Waals surface area contributed by atoms with E-state index in [-0.39, 0.29) is 14.3 Å². The van der Waals surface area contributed by atoms with Crippen LogP contribution in [-0.2, 0) is 11.3 Å². The third kappa shape index (κ3) is 4.00. The normalized spacial score (nSPS) is 12.9. The van der Waals surface area contributed by atoms with Gasteiger partial charge in [0.1, 0.15) is 5.75 Å². The first kappa shape index (κ1) is 19.8. The third-order valence-corrected chi connectivity index (χ3v) is 6.93. The molecule has 1 N–H and O–H groups in total. The highest BCUT2D eigenvalue weighted by atomic mass is 31.1. The fourth-order valence-corrected chi connectivity index (χ4v) is 5.03. The van der Waals surface area contributed by atoms with Crippen molar-refractivity contribution in [1.29, 1.82) is 0 Å². The van der Waals surface area contributed by atoms with Gasteiger partial charge in [0.05, 0.1) is 5.56 Å². The molecule has 0 saturated carbocycles. The molecule has 2 aromatic rings. The number of aryl methyl sites for hydroxylation is 2. The molecule has 0 radical (unpaired) electrons. The summed E-state index contributed by atoms with van der Waals surface area (Å²) >= 11 is 0. The van der Waals surface area contributed by atoms with E-state index >= 15 is 0 Å². The van der Waals surface area contributed by atoms with Crippen LogP contribution in [0.25, 0.3) is 0 Å². The summed E-state index contributed by atoms with van der Waals surface area (Å²) in [4.78, 5) is 0. The molecule has 25 heavy (non-hydrogen) atoms. The highest BCUT2D eigenvalue weighted by molar-refractivity contribution is 7.48. The van der Waals surface area contributed by atoms with Crippen LogP contribution in [0.3, 0.4) is 0 Å². The third-order valence-electron chi connectivity index (χ3n) is 4.77. The zero-order chi connectivity index (χ0) is 18.8. The molecular formula is C20H24F3OP. The standard InChI is InChI=1S/C20H24F3OP/c1-5-19(6-2,16-12-13(3)11-14(4)18(16)24)25-17-10-8-7-9-15(17)20(21,22)23/h7-12,24-25H,5-6H2,1-4H3. The van der Waals surface area contributed by atoms with Crippen LogP contribution in [0.5, 0.6) is 5.75 Å². The van der Waals surface area contributed by atoms with Crippen LogP contribution in [0.2, 0.25) is 0 Å². The van der Waals surface area contributed by atoms with E-state index in [2.05, 4.69) is 0 Å². The van der Waals surface area contributed by atoms with Crippen molar-refractivity contribution in [3.8, 4) is 5.75 Å². The Kier molecular flexibility index (Phi) is 5.83. The topological polar surface area (TPSA) is 20.2 Å². The van der Waals surface area contributed by atoms with Crippen molar-refractivity contribution in [3.05, 3.63) is 58.7 Å². The summed E-state index contributed by atoms with van der Waals surface area (Å²) in [5, 5.41) is 10.4. The maximum absolute atomic E-state index is 13.4. The molecule has 0 bridgehead atoms. The van der Waals surface area contributed by atoms with Gasteiger partial charge in [0.2, 0.25) is 0 Å². The van der Waals surface area contributed by atoms with Crippen LogP contribution < -0.4 is 5.30 Å². The Labute approximate surface area is 149 Å². The lowest BCUT2D eigenvalue weighted by atomic mass is 9.89. The lowest BCUT2D eigenvalue weighted by Gasteiger charge is -2.34. The number of phenolic OH excluding ortho intramolecular Hbond substituents is 1. The minimum Gasteiger partial charge on any atom is -0.507 e. The van der Waals surface area contributed by atoms with Crippen LogP contribution in [0.15, 0.2) is 36.4 Å². The first-order valence-electron chi connectivity index (χ1n) is 8.39. The van der Waals surface area contributed by atoms with E-state index in [4.69, 9.17) is 0 Å². The van der Waals surface area contributed by atoms with Crippen molar-refractivity contribution < 1.29 is 18.3 Å². The quantitative estimate of drug-likeness (QED) is 0.637. The van der Waals surface area contributed by atoms with Crippen LogP contribution in [-0.4, -0.2) is 5.11 Å². The number of rotatable bonds is 5. The van der Waals surface area contributed by atoms with Gasteiger partial charge in [-0.05, 0) is 43.6 Å². The number of phenols is 1. The Morgan fingerprint density at radius 3 is 2.12 bits per heavy atom. The van der Waals surface area contributed by atoms with Gasteiger partial charge in [0, 0.05) is 10.7 Å². The second-order valence-corrected chi connectivity index (χ2v) is 8.18. The van der Waals surface area contributed by atoms with Crippen molar-refractivity contribution in [2.45, 2.75) is 51.9 Å². The molecule has 0 aromatic heterocycles. The van der Waals surface area contributed by atoms with Crippen molar-refractivity contribution in [1.82, 2.24) is 0 Å². The molecule has 0 saturated heterocycles. The zero-order valence-corrected chi connectivity index (χ0v) is 16.0. The molecule has 2 aromatic carbocycles. The first-order valence-corrected chi connectivity index (χ1v) is 9.39. The van der Waals surface area contributed by atoms with Crippen LogP contribution in [0.1, 0.15) is 48.9 Å². The molecule has 1 nitrogen and oxygen atoms in total.